The Morgan fingerprint density at radius 1 is 1.23 bits per heavy atom. The average molecular weight is 350 g/mol. The number of pyridine rings is 1. The van der Waals surface area contributed by atoms with Gasteiger partial charge in [0.15, 0.2) is 0 Å². The van der Waals surface area contributed by atoms with Gasteiger partial charge >= 0.3 is 0 Å². The summed E-state index contributed by atoms with van der Waals surface area (Å²) in [4.78, 5) is 16.5. The summed E-state index contributed by atoms with van der Waals surface area (Å²) in [6.07, 6.45) is 12.1. The zero-order valence-electron chi connectivity index (χ0n) is 15.3. The van der Waals surface area contributed by atoms with Crippen molar-refractivity contribution in [2.45, 2.75) is 57.9 Å². The van der Waals surface area contributed by atoms with Crippen LogP contribution < -0.4 is 11.1 Å². The van der Waals surface area contributed by atoms with Gasteiger partial charge in [-0.15, -0.1) is 0 Å². The van der Waals surface area contributed by atoms with Gasteiger partial charge in [0.25, 0.3) is 0 Å². The number of aromatic nitrogens is 4. The molecule has 4 rings (SSSR count). The molecule has 0 aliphatic heterocycles. The van der Waals surface area contributed by atoms with Crippen LogP contribution in [0.4, 0.5) is 11.6 Å². The van der Waals surface area contributed by atoms with E-state index in [4.69, 9.17) is 5.73 Å². The molecule has 4 N–H and O–H groups in total. The highest BCUT2D eigenvalue weighted by Crippen LogP contribution is 2.35. The lowest BCUT2D eigenvalue weighted by Gasteiger charge is -2.25. The Morgan fingerprint density at radius 3 is 2.85 bits per heavy atom. The number of rotatable bonds is 5. The molecule has 3 heterocycles. The van der Waals surface area contributed by atoms with E-state index in [2.05, 4.69) is 38.2 Å². The van der Waals surface area contributed by atoms with Crippen LogP contribution in [0.1, 0.15) is 51.1 Å². The minimum absolute atomic E-state index is 0.284. The molecule has 3 aromatic rings. The summed E-state index contributed by atoms with van der Waals surface area (Å²) in [5.41, 5.74) is 10.9. The number of nitrogens with two attached hydrogens (primary N) is 1. The third-order valence-electron chi connectivity index (χ3n) is 5.14. The summed E-state index contributed by atoms with van der Waals surface area (Å²) in [6.45, 7) is 2.19. The molecule has 6 heteroatoms. The summed E-state index contributed by atoms with van der Waals surface area (Å²) in [6, 6.07) is 4.62. The number of anilines is 2. The van der Waals surface area contributed by atoms with Crippen molar-refractivity contribution < 1.29 is 0 Å². The number of hydrogen-bond donors (Lipinski definition) is 3. The monoisotopic (exact) mass is 350 g/mol. The van der Waals surface area contributed by atoms with Crippen molar-refractivity contribution in [3.05, 3.63) is 30.2 Å². The molecule has 1 aliphatic rings. The zero-order valence-corrected chi connectivity index (χ0v) is 15.3. The standard InChI is InChI=1S/C20H26N6/c1-2-6-14-11-15-18(24-13-7-4-3-5-8-13)16(12-23-19(15)25-14)17-9-10-22-20(21)26-17/h9-13H,2-8H2,1H3,(H2,21,22,26)(H2,23,24,25). The lowest BCUT2D eigenvalue weighted by atomic mass is 9.94. The van der Waals surface area contributed by atoms with E-state index in [0.717, 1.165) is 40.8 Å². The van der Waals surface area contributed by atoms with Crippen LogP contribution in [0, 0.1) is 0 Å². The minimum Gasteiger partial charge on any atom is -0.381 e. The second-order valence-electron chi connectivity index (χ2n) is 7.13. The van der Waals surface area contributed by atoms with Crippen LogP contribution in [0.2, 0.25) is 0 Å². The number of aryl methyl sites for hydroxylation is 1. The number of fused-ring (bicyclic) bond motifs is 1. The molecule has 136 valence electrons. The molecule has 3 aromatic heterocycles. The van der Waals surface area contributed by atoms with Crippen LogP contribution in [-0.2, 0) is 6.42 Å². The fourth-order valence-corrected chi connectivity index (χ4v) is 3.86. The summed E-state index contributed by atoms with van der Waals surface area (Å²) in [7, 11) is 0. The van der Waals surface area contributed by atoms with Crippen molar-refractivity contribution in [2.24, 2.45) is 0 Å². The van der Waals surface area contributed by atoms with Gasteiger partial charge in [-0.25, -0.2) is 15.0 Å². The highest BCUT2D eigenvalue weighted by Gasteiger charge is 2.19. The van der Waals surface area contributed by atoms with Crippen LogP contribution in [0.15, 0.2) is 24.5 Å². The van der Waals surface area contributed by atoms with E-state index in [-0.39, 0.29) is 5.95 Å². The molecular formula is C20H26N6. The normalized spacial score (nSPS) is 15.4. The summed E-state index contributed by atoms with van der Waals surface area (Å²) >= 11 is 0. The smallest absolute Gasteiger partial charge is 0.220 e. The van der Waals surface area contributed by atoms with E-state index in [1.54, 1.807) is 6.20 Å². The van der Waals surface area contributed by atoms with E-state index in [9.17, 15) is 0 Å². The largest absolute Gasteiger partial charge is 0.381 e. The molecule has 0 saturated heterocycles. The van der Waals surface area contributed by atoms with E-state index < -0.39 is 0 Å². The molecule has 1 saturated carbocycles. The van der Waals surface area contributed by atoms with Gasteiger partial charge in [0.1, 0.15) is 5.65 Å². The van der Waals surface area contributed by atoms with Crippen LogP contribution in [0.25, 0.3) is 22.3 Å². The van der Waals surface area contributed by atoms with Gasteiger partial charge in [-0.2, -0.15) is 0 Å². The van der Waals surface area contributed by atoms with Gasteiger partial charge in [-0.3, -0.25) is 0 Å². The third kappa shape index (κ3) is 3.36. The molecule has 1 aliphatic carbocycles. The third-order valence-corrected chi connectivity index (χ3v) is 5.14. The molecule has 26 heavy (non-hydrogen) atoms. The van der Waals surface area contributed by atoms with Crippen molar-refractivity contribution in [1.82, 2.24) is 19.9 Å². The highest BCUT2D eigenvalue weighted by atomic mass is 15.0. The van der Waals surface area contributed by atoms with Gasteiger partial charge in [0.2, 0.25) is 5.95 Å². The van der Waals surface area contributed by atoms with Crippen LogP contribution in [0.5, 0.6) is 0 Å². The van der Waals surface area contributed by atoms with Gasteiger partial charge in [0.05, 0.1) is 11.4 Å². The first-order valence-electron chi connectivity index (χ1n) is 9.60. The number of H-pyrrole nitrogens is 1. The lowest BCUT2D eigenvalue weighted by molar-refractivity contribution is 0.463. The number of nitrogen functional groups attached to an aromatic ring is 1. The van der Waals surface area contributed by atoms with Gasteiger partial charge in [-0.05, 0) is 31.4 Å². The summed E-state index contributed by atoms with van der Waals surface area (Å²) in [5, 5.41) is 4.94. The topological polar surface area (TPSA) is 92.5 Å². The fourth-order valence-electron chi connectivity index (χ4n) is 3.86. The Hall–Kier alpha value is -2.63. The molecule has 6 nitrogen and oxygen atoms in total. The minimum atomic E-state index is 0.284. The molecule has 0 bridgehead atoms. The highest BCUT2D eigenvalue weighted by molar-refractivity contribution is 5.98. The maximum Gasteiger partial charge on any atom is 0.220 e. The molecule has 0 spiro atoms. The fraction of sp³-hybridized carbons (Fsp3) is 0.450. The van der Waals surface area contributed by atoms with Crippen molar-refractivity contribution in [2.75, 3.05) is 11.1 Å². The second kappa shape index (κ2) is 7.32. The molecule has 0 amide bonds. The SMILES string of the molecule is CCCc1cc2c(NC3CCCCC3)c(-c3ccnc(N)n3)cnc2[nH]1. The maximum absolute atomic E-state index is 5.82. The van der Waals surface area contributed by atoms with Crippen molar-refractivity contribution in [1.29, 1.82) is 0 Å². The van der Waals surface area contributed by atoms with Crippen LogP contribution in [0.3, 0.4) is 0 Å². The van der Waals surface area contributed by atoms with E-state index in [0.29, 0.717) is 6.04 Å². The van der Waals surface area contributed by atoms with E-state index in [1.165, 1.54) is 37.8 Å². The number of aromatic amines is 1. The van der Waals surface area contributed by atoms with Gasteiger partial charge in [-0.1, -0.05) is 32.6 Å². The molecule has 0 unspecified atom stereocenters. The predicted molar refractivity (Wildman–Crippen MR) is 106 cm³/mol. The van der Waals surface area contributed by atoms with Gasteiger partial charge in [0, 0.05) is 35.1 Å². The Kier molecular flexibility index (Phi) is 4.73. The molecule has 1 fully saturated rings. The quantitative estimate of drug-likeness (QED) is 0.638. The predicted octanol–water partition coefficient (Wildman–Crippen LogP) is 4.30. The molecule has 0 aromatic carbocycles. The lowest BCUT2D eigenvalue weighted by Crippen LogP contribution is -2.22. The average Bonchev–Trinajstić information content (AvgIpc) is 3.06. The van der Waals surface area contributed by atoms with Crippen LogP contribution in [-0.4, -0.2) is 26.0 Å². The molecule has 0 atom stereocenters. The van der Waals surface area contributed by atoms with Crippen molar-refractivity contribution in [3.8, 4) is 11.3 Å². The molecular weight excluding hydrogens is 324 g/mol. The Labute approximate surface area is 153 Å². The summed E-state index contributed by atoms with van der Waals surface area (Å²) < 4.78 is 0. The van der Waals surface area contributed by atoms with Gasteiger partial charge < -0.3 is 16.0 Å². The van der Waals surface area contributed by atoms with E-state index >= 15 is 0 Å². The number of nitrogens with one attached hydrogen (secondary N) is 2. The first-order valence-corrected chi connectivity index (χ1v) is 9.60. The first-order chi connectivity index (χ1) is 12.7. The zero-order chi connectivity index (χ0) is 17.9. The first kappa shape index (κ1) is 16.8. The molecule has 0 radical (unpaired) electrons. The van der Waals surface area contributed by atoms with Crippen LogP contribution >= 0.6 is 0 Å². The number of hydrogen-bond acceptors (Lipinski definition) is 5. The Morgan fingerprint density at radius 2 is 2.08 bits per heavy atom. The number of nitrogens with zero attached hydrogens (tertiary/aromatic N) is 3. The summed E-state index contributed by atoms with van der Waals surface area (Å²) in [5.74, 6) is 0.284. The second-order valence-corrected chi connectivity index (χ2v) is 7.13. The Bertz CT molecular complexity index is 894. The Balaban J connectivity index is 1.82. The van der Waals surface area contributed by atoms with Crippen molar-refractivity contribution >= 4 is 22.7 Å². The van der Waals surface area contributed by atoms with E-state index in [1.807, 2.05) is 12.3 Å². The maximum atomic E-state index is 5.82. The van der Waals surface area contributed by atoms with Crippen molar-refractivity contribution in [3.63, 3.8) is 0 Å².